The number of nitrogens with zero attached hydrogens (tertiary/aromatic N) is 4. The lowest BCUT2D eigenvalue weighted by atomic mass is 10.1. The van der Waals surface area contributed by atoms with Gasteiger partial charge in [-0.15, -0.1) is 11.3 Å². The molecule has 4 aromatic rings. The number of nitriles is 1. The van der Waals surface area contributed by atoms with E-state index in [4.69, 9.17) is 9.84 Å². The van der Waals surface area contributed by atoms with Gasteiger partial charge >= 0.3 is 0 Å². The third kappa shape index (κ3) is 4.91. The van der Waals surface area contributed by atoms with Crippen molar-refractivity contribution in [2.24, 2.45) is 0 Å². The van der Waals surface area contributed by atoms with Crippen molar-refractivity contribution in [3.05, 3.63) is 89.1 Å². The molecule has 0 aliphatic rings. The Labute approximate surface area is 189 Å². The van der Waals surface area contributed by atoms with Gasteiger partial charge in [0, 0.05) is 28.9 Å². The number of benzene rings is 2. The average Bonchev–Trinajstić information content (AvgIpc) is 3.48. The fourth-order valence-corrected chi connectivity index (χ4v) is 3.64. The molecule has 0 atom stereocenters. The standard InChI is InChI=1S/C24H19N5O2S/c1-31-21-9-7-18(8-10-21)22-20(16-29(28-22)15-17-5-3-2-4-6-17)13-19(14-25)23(30)27-24-26-11-12-32-24/h2-13,16H,15H2,1H3,(H,26,27,30)/b19-13+. The molecule has 2 aromatic carbocycles. The zero-order chi connectivity index (χ0) is 22.3. The van der Waals surface area contributed by atoms with Crippen LogP contribution in [0.4, 0.5) is 5.13 Å². The summed E-state index contributed by atoms with van der Waals surface area (Å²) >= 11 is 1.29. The summed E-state index contributed by atoms with van der Waals surface area (Å²) in [6.07, 6.45) is 4.98. The summed E-state index contributed by atoms with van der Waals surface area (Å²) in [5.41, 5.74) is 3.24. The molecule has 0 unspecified atom stereocenters. The van der Waals surface area contributed by atoms with Crippen molar-refractivity contribution >= 4 is 28.5 Å². The topological polar surface area (TPSA) is 92.8 Å². The molecule has 32 heavy (non-hydrogen) atoms. The van der Waals surface area contributed by atoms with Gasteiger partial charge in [0.1, 0.15) is 17.4 Å². The van der Waals surface area contributed by atoms with Crippen LogP contribution in [0.15, 0.2) is 77.9 Å². The number of methoxy groups -OCH3 is 1. The van der Waals surface area contributed by atoms with E-state index in [0.29, 0.717) is 22.9 Å². The number of hydrogen-bond acceptors (Lipinski definition) is 6. The van der Waals surface area contributed by atoms with Crippen molar-refractivity contribution in [3.8, 4) is 23.1 Å². The Morgan fingerprint density at radius 2 is 2.00 bits per heavy atom. The number of amides is 1. The maximum atomic E-state index is 12.6. The van der Waals surface area contributed by atoms with Crippen LogP contribution in [0.3, 0.4) is 0 Å². The molecule has 158 valence electrons. The number of ether oxygens (including phenoxy) is 1. The number of aromatic nitrogens is 3. The molecular weight excluding hydrogens is 422 g/mol. The third-order valence-electron chi connectivity index (χ3n) is 4.66. The van der Waals surface area contributed by atoms with Gasteiger partial charge in [0.05, 0.1) is 19.3 Å². The number of rotatable bonds is 7. The van der Waals surface area contributed by atoms with Crippen molar-refractivity contribution in [1.29, 1.82) is 5.26 Å². The molecule has 1 N–H and O–H groups in total. The summed E-state index contributed by atoms with van der Waals surface area (Å²) in [6, 6.07) is 19.4. The van der Waals surface area contributed by atoms with E-state index in [1.807, 2.05) is 66.9 Å². The van der Waals surface area contributed by atoms with Crippen molar-refractivity contribution < 1.29 is 9.53 Å². The molecule has 1 amide bonds. The van der Waals surface area contributed by atoms with E-state index in [2.05, 4.69) is 10.3 Å². The summed E-state index contributed by atoms with van der Waals surface area (Å²) in [4.78, 5) is 16.6. The van der Waals surface area contributed by atoms with Crippen LogP contribution in [-0.2, 0) is 11.3 Å². The predicted molar refractivity (Wildman–Crippen MR) is 124 cm³/mol. The van der Waals surface area contributed by atoms with E-state index < -0.39 is 5.91 Å². The first-order valence-corrected chi connectivity index (χ1v) is 10.6. The van der Waals surface area contributed by atoms with E-state index >= 15 is 0 Å². The maximum absolute atomic E-state index is 12.6. The molecule has 0 radical (unpaired) electrons. The van der Waals surface area contributed by atoms with Crippen LogP contribution >= 0.6 is 11.3 Å². The predicted octanol–water partition coefficient (Wildman–Crippen LogP) is 4.61. The van der Waals surface area contributed by atoms with Crippen molar-refractivity contribution in [1.82, 2.24) is 14.8 Å². The Bertz CT molecular complexity index is 1270. The maximum Gasteiger partial charge on any atom is 0.268 e. The average molecular weight is 442 g/mol. The van der Waals surface area contributed by atoms with E-state index in [-0.39, 0.29) is 5.57 Å². The minimum Gasteiger partial charge on any atom is -0.497 e. The number of thiazole rings is 1. The summed E-state index contributed by atoms with van der Waals surface area (Å²) in [5, 5.41) is 19.2. The Hall–Kier alpha value is -4.22. The molecule has 0 spiro atoms. The first-order valence-electron chi connectivity index (χ1n) is 9.74. The fourth-order valence-electron chi connectivity index (χ4n) is 3.12. The second-order valence-electron chi connectivity index (χ2n) is 6.81. The molecule has 0 bridgehead atoms. The number of hydrogen-bond donors (Lipinski definition) is 1. The molecule has 0 aliphatic carbocycles. The molecule has 0 fully saturated rings. The first kappa shape index (κ1) is 21.0. The fraction of sp³-hybridized carbons (Fsp3) is 0.0833. The van der Waals surface area contributed by atoms with Crippen LogP contribution in [0, 0.1) is 11.3 Å². The van der Waals surface area contributed by atoms with Gasteiger partial charge < -0.3 is 4.74 Å². The number of carbonyl (C=O) groups is 1. The number of anilines is 1. The zero-order valence-electron chi connectivity index (χ0n) is 17.2. The van der Waals surface area contributed by atoms with Gasteiger partial charge in [0.15, 0.2) is 5.13 Å². The highest BCUT2D eigenvalue weighted by atomic mass is 32.1. The normalized spacial score (nSPS) is 11.1. The number of carbonyl (C=O) groups excluding carboxylic acids is 1. The molecule has 8 heteroatoms. The van der Waals surface area contributed by atoms with Crippen LogP contribution < -0.4 is 10.1 Å². The van der Waals surface area contributed by atoms with Gasteiger partial charge in [-0.2, -0.15) is 10.4 Å². The summed E-state index contributed by atoms with van der Waals surface area (Å²) < 4.78 is 7.04. The van der Waals surface area contributed by atoms with Crippen LogP contribution in [0.2, 0.25) is 0 Å². The highest BCUT2D eigenvalue weighted by Gasteiger charge is 2.15. The van der Waals surface area contributed by atoms with Crippen LogP contribution in [0.25, 0.3) is 17.3 Å². The Balaban J connectivity index is 1.71. The van der Waals surface area contributed by atoms with Gasteiger partial charge in [-0.05, 0) is 35.9 Å². The summed E-state index contributed by atoms with van der Waals surface area (Å²) in [6.45, 7) is 0.561. The van der Waals surface area contributed by atoms with Gasteiger partial charge in [-0.25, -0.2) is 4.98 Å². The lowest BCUT2D eigenvalue weighted by Crippen LogP contribution is -2.13. The second-order valence-corrected chi connectivity index (χ2v) is 7.70. The van der Waals surface area contributed by atoms with Crippen LogP contribution in [0.1, 0.15) is 11.1 Å². The van der Waals surface area contributed by atoms with Crippen molar-refractivity contribution in [2.75, 3.05) is 12.4 Å². The Morgan fingerprint density at radius 3 is 2.66 bits per heavy atom. The van der Waals surface area contributed by atoms with E-state index in [1.165, 1.54) is 11.3 Å². The summed E-state index contributed by atoms with van der Waals surface area (Å²) in [7, 11) is 1.61. The molecule has 7 nitrogen and oxygen atoms in total. The van der Waals surface area contributed by atoms with E-state index in [9.17, 15) is 10.1 Å². The molecule has 2 aromatic heterocycles. The Kier molecular flexibility index (Phi) is 6.39. The lowest BCUT2D eigenvalue weighted by Gasteiger charge is -2.03. The molecular formula is C24H19N5O2S. The number of nitrogens with one attached hydrogen (secondary N) is 1. The monoisotopic (exact) mass is 441 g/mol. The molecule has 0 saturated carbocycles. The highest BCUT2D eigenvalue weighted by molar-refractivity contribution is 7.13. The molecule has 0 saturated heterocycles. The zero-order valence-corrected chi connectivity index (χ0v) is 18.0. The van der Waals surface area contributed by atoms with Gasteiger partial charge in [0.25, 0.3) is 5.91 Å². The summed E-state index contributed by atoms with van der Waals surface area (Å²) in [5.74, 6) is 0.217. The second kappa shape index (κ2) is 9.73. The van der Waals surface area contributed by atoms with E-state index in [0.717, 1.165) is 16.9 Å². The first-order chi connectivity index (χ1) is 15.7. The van der Waals surface area contributed by atoms with Gasteiger partial charge in [0.2, 0.25) is 0 Å². The van der Waals surface area contributed by atoms with Crippen molar-refractivity contribution in [2.45, 2.75) is 6.54 Å². The lowest BCUT2D eigenvalue weighted by molar-refractivity contribution is -0.112. The highest BCUT2D eigenvalue weighted by Crippen LogP contribution is 2.27. The minimum absolute atomic E-state index is 0.0331. The quantitative estimate of drug-likeness (QED) is 0.334. The minimum atomic E-state index is -0.515. The van der Waals surface area contributed by atoms with E-state index in [1.54, 1.807) is 29.4 Å². The molecule has 2 heterocycles. The third-order valence-corrected chi connectivity index (χ3v) is 5.35. The van der Waals surface area contributed by atoms with Gasteiger partial charge in [-0.1, -0.05) is 30.3 Å². The van der Waals surface area contributed by atoms with Crippen molar-refractivity contribution in [3.63, 3.8) is 0 Å². The Morgan fingerprint density at radius 1 is 1.22 bits per heavy atom. The molecule has 0 aliphatic heterocycles. The van der Waals surface area contributed by atoms with Crippen LogP contribution in [0.5, 0.6) is 5.75 Å². The van der Waals surface area contributed by atoms with Gasteiger partial charge in [-0.3, -0.25) is 14.8 Å². The SMILES string of the molecule is COc1ccc(-c2nn(Cc3ccccc3)cc2/C=C(\C#N)C(=O)Nc2nccs2)cc1. The largest absolute Gasteiger partial charge is 0.497 e. The van der Waals surface area contributed by atoms with Crippen LogP contribution in [-0.4, -0.2) is 27.8 Å². The smallest absolute Gasteiger partial charge is 0.268 e. The molecule has 4 rings (SSSR count).